The van der Waals surface area contributed by atoms with Crippen molar-refractivity contribution in [3.05, 3.63) is 65.2 Å². The van der Waals surface area contributed by atoms with Gasteiger partial charge in [-0.2, -0.15) is 0 Å². The molecule has 0 saturated heterocycles. The summed E-state index contributed by atoms with van der Waals surface area (Å²) in [5.41, 5.74) is 4.37. The third kappa shape index (κ3) is 3.25. The molecule has 0 saturated carbocycles. The van der Waals surface area contributed by atoms with Gasteiger partial charge in [0.15, 0.2) is 11.5 Å². The van der Waals surface area contributed by atoms with Crippen molar-refractivity contribution in [2.24, 2.45) is 0 Å². The Morgan fingerprint density at radius 3 is 2.73 bits per heavy atom. The molecule has 1 atom stereocenters. The molecule has 136 valence electrons. The maximum Gasteiger partial charge on any atom is 0.257 e. The molecule has 5 nitrogen and oxygen atoms in total. The number of anilines is 1. The number of hydrogen-bond acceptors (Lipinski definition) is 4. The molecule has 2 aromatic rings. The lowest BCUT2D eigenvalue weighted by Crippen LogP contribution is -2.40. The molecule has 1 unspecified atom stereocenters. The molecule has 1 heterocycles. The number of benzene rings is 2. The van der Waals surface area contributed by atoms with Crippen LogP contribution in [0.2, 0.25) is 0 Å². The van der Waals surface area contributed by atoms with Crippen LogP contribution in [0.4, 0.5) is 5.69 Å². The number of carbonyl (C=O) groups is 1. The minimum atomic E-state index is -0.283. The van der Waals surface area contributed by atoms with E-state index in [1.807, 2.05) is 50.2 Å². The van der Waals surface area contributed by atoms with Gasteiger partial charge in [-0.05, 0) is 48.7 Å². The first-order valence-electron chi connectivity index (χ1n) is 8.50. The summed E-state index contributed by atoms with van der Waals surface area (Å²) in [5.74, 6) is 1.28. The van der Waals surface area contributed by atoms with Crippen LogP contribution in [0.15, 0.2) is 48.6 Å². The normalized spacial score (nSPS) is 15.9. The number of nitrogens with one attached hydrogen (secondary N) is 1. The minimum absolute atomic E-state index is 0.00192. The number of methoxy groups -OCH3 is 1. The summed E-state index contributed by atoms with van der Waals surface area (Å²) in [4.78, 5) is 14.6. The molecule has 0 aromatic heterocycles. The first-order valence-corrected chi connectivity index (χ1v) is 8.50. The Kier molecular flexibility index (Phi) is 4.89. The highest BCUT2D eigenvalue weighted by Gasteiger charge is 2.31. The van der Waals surface area contributed by atoms with Gasteiger partial charge in [0, 0.05) is 12.7 Å². The maximum atomic E-state index is 12.9. The van der Waals surface area contributed by atoms with Crippen LogP contribution in [-0.4, -0.2) is 31.6 Å². The molecular formula is C21H24N2O3. The van der Waals surface area contributed by atoms with Gasteiger partial charge in [0.25, 0.3) is 5.91 Å². The second-order valence-electron chi connectivity index (χ2n) is 6.62. The molecule has 5 heteroatoms. The van der Waals surface area contributed by atoms with Gasteiger partial charge in [-0.25, -0.2) is 0 Å². The van der Waals surface area contributed by atoms with Crippen molar-refractivity contribution in [1.29, 1.82) is 0 Å². The average Bonchev–Trinajstić information content (AvgIpc) is 2.62. The summed E-state index contributed by atoms with van der Waals surface area (Å²) in [6.45, 7) is 8.13. The molecule has 1 amide bonds. The van der Waals surface area contributed by atoms with Gasteiger partial charge < -0.3 is 19.7 Å². The zero-order valence-electron chi connectivity index (χ0n) is 15.6. The molecule has 1 N–H and O–H groups in total. The van der Waals surface area contributed by atoms with Gasteiger partial charge in [-0.1, -0.05) is 24.8 Å². The van der Waals surface area contributed by atoms with Gasteiger partial charge in [0.05, 0.1) is 12.7 Å². The van der Waals surface area contributed by atoms with E-state index in [2.05, 4.69) is 11.9 Å². The van der Waals surface area contributed by atoms with Crippen molar-refractivity contribution < 1.29 is 14.3 Å². The Morgan fingerprint density at radius 2 is 2.04 bits per heavy atom. The lowest BCUT2D eigenvalue weighted by atomic mass is 10.00. The van der Waals surface area contributed by atoms with E-state index < -0.39 is 0 Å². The molecule has 1 aliphatic rings. The largest absolute Gasteiger partial charge is 0.493 e. The number of nitrogens with zero attached hydrogens (tertiary/aromatic N) is 1. The highest BCUT2D eigenvalue weighted by atomic mass is 16.5. The molecule has 0 aliphatic carbocycles. The van der Waals surface area contributed by atoms with Gasteiger partial charge in [-0.15, -0.1) is 0 Å². The molecule has 2 aromatic carbocycles. The SMILES string of the molecule is C=C(C)COc1cc(C2Nc3cccc(C)c3C(=O)N2C)ccc1OC. The number of carbonyl (C=O) groups excluding carboxylic acids is 1. The second kappa shape index (κ2) is 7.12. The van der Waals surface area contributed by atoms with Crippen LogP contribution in [0.25, 0.3) is 0 Å². The number of amides is 1. The number of ether oxygens (including phenoxy) is 2. The third-order valence-corrected chi connectivity index (χ3v) is 4.46. The quantitative estimate of drug-likeness (QED) is 0.821. The minimum Gasteiger partial charge on any atom is -0.493 e. The molecule has 0 radical (unpaired) electrons. The molecule has 0 bridgehead atoms. The van der Waals surface area contributed by atoms with Gasteiger partial charge in [0.1, 0.15) is 12.8 Å². The fourth-order valence-electron chi connectivity index (χ4n) is 3.09. The van der Waals surface area contributed by atoms with Gasteiger partial charge >= 0.3 is 0 Å². The lowest BCUT2D eigenvalue weighted by molar-refractivity contribution is 0.0734. The molecule has 0 fully saturated rings. The fraction of sp³-hybridized carbons (Fsp3) is 0.286. The predicted molar refractivity (Wildman–Crippen MR) is 103 cm³/mol. The van der Waals surface area contributed by atoms with E-state index in [0.717, 1.165) is 28.0 Å². The smallest absolute Gasteiger partial charge is 0.257 e. The lowest BCUT2D eigenvalue weighted by Gasteiger charge is -2.36. The second-order valence-corrected chi connectivity index (χ2v) is 6.62. The Hall–Kier alpha value is -2.95. The summed E-state index contributed by atoms with van der Waals surface area (Å²) in [6, 6.07) is 11.5. The van der Waals surface area contributed by atoms with Crippen LogP contribution >= 0.6 is 0 Å². The average molecular weight is 352 g/mol. The molecule has 3 rings (SSSR count). The van der Waals surface area contributed by atoms with Crippen molar-refractivity contribution in [3.8, 4) is 11.5 Å². The van der Waals surface area contributed by atoms with Crippen molar-refractivity contribution in [2.45, 2.75) is 20.0 Å². The maximum absolute atomic E-state index is 12.9. The molecule has 0 spiro atoms. The Balaban J connectivity index is 1.97. The van der Waals surface area contributed by atoms with Crippen molar-refractivity contribution >= 4 is 11.6 Å². The Bertz CT molecular complexity index is 860. The Labute approximate surface area is 154 Å². The van der Waals surface area contributed by atoms with E-state index >= 15 is 0 Å². The highest BCUT2D eigenvalue weighted by molar-refractivity contribution is 6.02. The first kappa shape index (κ1) is 17.9. The van der Waals surface area contributed by atoms with E-state index in [4.69, 9.17) is 9.47 Å². The van der Waals surface area contributed by atoms with Crippen molar-refractivity contribution in [1.82, 2.24) is 4.90 Å². The topological polar surface area (TPSA) is 50.8 Å². The van der Waals surface area contributed by atoms with E-state index in [0.29, 0.717) is 18.1 Å². The van der Waals surface area contributed by atoms with Crippen LogP contribution in [0.3, 0.4) is 0 Å². The highest BCUT2D eigenvalue weighted by Crippen LogP contribution is 2.37. The van der Waals surface area contributed by atoms with Crippen LogP contribution in [0.5, 0.6) is 11.5 Å². The van der Waals surface area contributed by atoms with Gasteiger partial charge in [-0.3, -0.25) is 4.79 Å². The zero-order chi connectivity index (χ0) is 18.8. The first-order chi connectivity index (χ1) is 12.4. The van der Waals surface area contributed by atoms with Crippen molar-refractivity contribution in [2.75, 3.05) is 26.1 Å². The van der Waals surface area contributed by atoms with Crippen LogP contribution in [0.1, 0.15) is 34.6 Å². The standard InChI is InChI=1S/C21H24N2O3/c1-13(2)12-26-18-11-15(9-10-17(18)25-5)20-22-16-8-6-7-14(3)19(16)21(24)23(20)4/h6-11,20,22H,1,12H2,2-5H3. The van der Waals surface area contributed by atoms with E-state index in [1.165, 1.54) is 0 Å². The van der Waals surface area contributed by atoms with Crippen molar-refractivity contribution in [3.63, 3.8) is 0 Å². The fourth-order valence-corrected chi connectivity index (χ4v) is 3.09. The molecular weight excluding hydrogens is 328 g/mol. The molecule has 26 heavy (non-hydrogen) atoms. The summed E-state index contributed by atoms with van der Waals surface area (Å²) in [6.07, 6.45) is -0.283. The third-order valence-electron chi connectivity index (χ3n) is 4.46. The summed E-state index contributed by atoms with van der Waals surface area (Å²) >= 11 is 0. The van der Waals surface area contributed by atoms with E-state index in [9.17, 15) is 4.79 Å². The van der Waals surface area contributed by atoms with E-state index in [-0.39, 0.29) is 12.1 Å². The monoisotopic (exact) mass is 352 g/mol. The zero-order valence-corrected chi connectivity index (χ0v) is 15.6. The van der Waals surface area contributed by atoms with Gasteiger partial charge in [0.2, 0.25) is 0 Å². The van der Waals surface area contributed by atoms with Crippen LogP contribution < -0.4 is 14.8 Å². The number of aryl methyl sites for hydroxylation is 1. The summed E-state index contributed by atoms with van der Waals surface area (Å²) in [5, 5.41) is 3.46. The van der Waals surface area contributed by atoms with E-state index in [1.54, 1.807) is 19.1 Å². The predicted octanol–water partition coefficient (Wildman–Crippen LogP) is 4.15. The number of fused-ring (bicyclic) bond motifs is 1. The number of rotatable bonds is 5. The molecule has 1 aliphatic heterocycles. The Morgan fingerprint density at radius 1 is 1.27 bits per heavy atom. The summed E-state index contributed by atoms with van der Waals surface area (Å²) in [7, 11) is 3.41. The van der Waals surface area contributed by atoms with Crippen LogP contribution in [0, 0.1) is 6.92 Å². The number of hydrogen-bond donors (Lipinski definition) is 1. The summed E-state index contributed by atoms with van der Waals surface area (Å²) < 4.78 is 11.2. The van der Waals surface area contributed by atoms with Crippen LogP contribution in [-0.2, 0) is 0 Å².